The van der Waals surface area contributed by atoms with Gasteiger partial charge < -0.3 is 14.1 Å². The Kier molecular flexibility index (Phi) is 3.56. The van der Waals surface area contributed by atoms with E-state index >= 15 is 0 Å². The molecule has 0 unspecified atom stereocenters. The quantitative estimate of drug-likeness (QED) is 0.866. The van der Waals surface area contributed by atoms with Crippen molar-refractivity contribution in [1.29, 1.82) is 0 Å². The van der Waals surface area contributed by atoms with Crippen LogP contribution >= 0.6 is 11.8 Å². The summed E-state index contributed by atoms with van der Waals surface area (Å²) in [6.45, 7) is 3.43. The molecule has 2 saturated heterocycles. The number of carbonyl (C=O) groups is 1. The highest BCUT2D eigenvalue weighted by atomic mass is 32.2. The lowest BCUT2D eigenvalue weighted by molar-refractivity contribution is 0.0486. The Hall–Kier alpha value is -1.95. The second kappa shape index (κ2) is 5.60. The summed E-state index contributed by atoms with van der Waals surface area (Å²) >= 11 is 1.91. The van der Waals surface area contributed by atoms with Gasteiger partial charge in [-0.1, -0.05) is 0 Å². The molecule has 0 aromatic carbocycles. The van der Waals surface area contributed by atoms with Gasteiger partial charge in [-0.15, -0.1) is 11.8 Å². The minimum Gasteiger partial charge on any atom is -0.488 e. The first kappa shape index (κ1) is 14.6. The molecule has 2 aromatic heterocycles. The minimum atomic E-state index is -0.00430. The molecular formula is C17H18N2O3S. The molecule has 4 heterocycles. The van der Waals surface area contributed by atoms with Gasteiger partial charge in [0.05, 0.1) is 17.2 Å². The summed E-state index contributed by atoms with van der Waals surface area (Å²) in [5.41, 5.74) is 0.896. The monoisotopic (exact) mass is 330 g/mol. The van der Waals surface area contributed by atoms with E-state index in [1.807, 2.05) is 41.8 Å². The summed E-state index contributed by atoms with van der Waals surface area (Å²) in [6, 6.07) is 5.63. The Morgan fingerprint density at radius 2 is 2.35 bits per heavy atom. The number of amides is 1. The van der Waals surface area contributed by atoms with Crippen LogP contribution in [0.1, 0.15) is 22.5 Å². The Morgan fingerprint density at radius 1 is 1.48 bits per heavy atom. The zero-order valence-corrected chi connectivity index (χ0v) is 13.7. The normalized spacial score (nSPS) is 22.1. The zero-order chi connectivity index (χ0) is 15.9. The summed E-state index contributed by atoms with van der Waals surface area (Å²) in [4.78, 5) is 18.3. The van der Waals surface area contributed by atoms with Crippen LogP contribution < -0.4 is 4.74 Å². The van der Waals surface area contributed by atoms with Crippen molar-refractivity contribution >= 4 is 17.7 Å². The number of pyridine rings is 1. The maximum atomic E-state index is 12.4. The molecular weight excluding hydrogens is 312 g/mol. The molecule has 0 saturated carbocycles. The van der Waals surface area contributed by atoms with E-state index in [4.69, 9.17) is 9.15 Å². The average Bonchev–Trinajstić information content (AvgIpc) is 3.13. The van der Waals surface area contributed by atoms with Crippen LogP contribution in [0.2, 0.25) is 0 Å². The molecule has 2 fully saturated rings. The smallest absolute Gasteiger partial charge is 0.289 e. The topological polar surface area (TPSA) is 55.6 Å². The lowest BCUT2D eigenvalue weighted by atomic mass is 9.92. The van der Waals surface area contributed by atoms with Gasteiger partial charge in [-0.05, 0) is 25.1 Å². The highest BCUT2D eigenvalue weighted by Gasteiger charge is 2.51. The number of rotatable bonds is 3. The highest BCUT2D eigenvalue weighted by Crippen LogP contribution is 2.46. The number of likely N-dealkylation sites (tertiary alicyclic amines) is 1. The van der Waals surface area contributed by atoms with Gasteiger partial charge in [-0.3, -0.25) is 9.78 Å². The summed E-state index contributed by atoms with van der Waals surface area (Å²) in [5, 5.41) is 0. The average molecular weight is 330 g/mol. The van der Waals surface area contributed by atoms with Gasteiger partial charge in [-0.25, -0.2) is 0 Å². The first-order valence-corrected chi connectivity index (χ1v) is 8.68. The van der Waals surface area contributed by atoms with Gasteiger partial charge in [0.25, 0.3) is 5.91 Å². The van der Waals surface area contributed by atoms with Crippen molar-refractivity contribution < 1.29 is 13.9 Å². The van der Waals surface area contributed by atoms with Crippen molar-refractivity contribution in [2.45, 2.75) is 24.2 Å². The Bertz CT molecular complexity index is 710. The lowest BCUT2D eigenvalue weighted by Crippen LogP contribution is -2.60. The van der Waals surface area contributed by atoms with Crippen LogP contribution in [0.4, 0.5) is 0 Å². The van der Waals surface area contributed by atoms with Crippen LogP contribution in [0, 0.1) is 6.92 Å². The minimum absolute atomic E-state index is 0.00430. The molecule has 1 spiro atoms. The molecule has 0 N–H and O–H groups in total. The second-order valence-electron chi connectivity index (χ2n) is 6.22. The third-order valence-electron chi connectivity index (χ3n) is 4.41. The predicted octanol–water partition coefficient (Wildman–Crippen LogP) is 2.76. The molecule has 120 valence electrons. The van der Waals surface area contributed by atoms with E-state index in [1.54, 1.807) is 18.7 Å². The van der Waals surface area contributed by atoms with Gasteiger partial charge in [0, 0.05) is 37.0 Å². The standard InChI is InChI=1S/C17H18N2O3S/c1-12-4-6-21-15(12)16(20)19-10-17(11-19)7-14(9-23-17)22-13-3-2-5-18-8-13/h2-6,8,14H,7,9-11H2,1H3/t14-/m0/s1. The Balaban J connectivity index is 1.35. The molecule has 5 nitrogen and oxygen atoms in total. The van der Waals surface area contributed by atoms with Gasteiger partial charge >= 0.3 is 0 Å². The molecule has 2 aliphatic heterocycles. The van der Waals surface area contributed by atoms with Crippen molar-refractivity contribution in [3.05, 3.63) is 48.2 Å². The fourth-order valence-electron chi connectivity index (χ4n) is 3.24. The molecule has 6 heteroatoms. The van der Waals surface area contributed by atoms with Crippen molar-refractivity contribution in [3.8, 4) is 5.75 Å². The third kappa shape index (κ3) is 2.72. The Morgan fingerprint density at radius 3 is 3.04 bits per heavy atom. The number of hydrogen-bond donors (Lipinski definition) is 0. The predicted molar refractivity (Wildman–Crippen MR) is 87.8 cm³/mol. The van der Waals surface area contributed by atoms with Gasteiger partial charge in [0.15, 0.2) is 5.76 Å². The van der Waals surface area contributed by atoms with E-state index in [1.165, 1.54) is 0 Å². The number of nitrogens with zero attached hydrogens (tertiary/aromatic N) is 2. The molecule has 4 rings (SSSR count). The summed E-state index contributed by atoms with van der Waals surface area (Å²) in [6.07, 6.45) is 6.20. The zero-order valence-electron chi connectivity index (χ0n) is 12.9. The molecule has 0 bridgehead atoms. The molecule has 1 atom stereocenters. The first-order chi connectivity index (χ1) is 11.2. The van der Waals surface area contributed by atoms with E-state index in [0.29, 0.717) is 5.76 Å². The highest BCUT2D eigenvalue weighted by molar-refractivity contribution is 8.01. The number of ether oxygens (including phenoxy) is 1. The summed E-state index contributed by atoms with van der Waals surface area (Å²) < 4.78 is 11.4. The van der Waals surface area contributed by atoms with Gasteiger partial charge in [0.1, 0.15) is 11.9 Å². The van der Waals surface area contributed by atoms with Gasteiger partial charge in [-0.2, -0.15) is 0 Å². The lowest BCUT2D eigenvalue weighted by Gasteiger charge is -2.47. The van der Waals surface area contributed by atoms with E-state index < -0.39 is 0 Å². The van der Waals surface area contributed by atoms with Crippen LogP contribution in [-0.2, 0) is 0 Å². The molecule has 23 heavy (non-hydrogen) atoms. The number of thioether (sulfide) groups is 1. The van der Waals surface area contributed by atoms with E-state index in [-0.39, 0.29) is 16.8 Å². The van der Waals surface area contributed by atoms with E-state index in [9.17, 15) is 4.79 Å². The van der Waals surface area contributed by atoms with Crippen LogP contribution in [-0.4, -0.2) is 45.5 Å². The van der Waals surface area contributed by atoms with E-state index in [0.717, 1.165) is 36.6 Å². The molecule has 2 aliphatic rings. The Labute approximate surface area is 139 Å². The molecule has 0 aliphatic carbocycles. The van der Waals surface area contributed by atoms with Crippen molar-refractivity contribution in [1.82, 2.24) is 9.88 Å². The van der Waals surface area contributed by atoms with Crippen LogP contribution in [0.25, 0.3) is 0 Å². The third-order valence-corrected chi connectivity index (χ3v) is 5.99. The van der Waals surface area contributed by atoms with Crippen molar-refractivity contribution in [2.24, 2.45) is 0 Å². The number of aryl methyl sites for hydroxylation is 1. The van der Waals surface area contributed by atoms with E-state index in [2.05, 4.69) is 4.98 Å². The van der Waals surface area contributed by atoms with Crippen LogP contribution in [0.3, 0.4) is 0 Å². The molecule has 1 amide bonds. The van der Waals surface area contributed by atoms with Gasteiger partial charge in [0.2, 0.25) is 0 Å². The second-order valence-corrected chi connectivity index (χ2v) is 7.71. The van der Waals surface area contributed by atoms with Crippen molar-refractivity contribution in [3.63, 3.8) is 0 Å². The summed E-state index contributed by atoms with van der Waals surface area (Å²) in [5.74, 6) is 2.23. The molecule has 2 aromatic rings. The number of furan rings is 1. The number of hydrogen-bond acceptors (Lipinski definition) is 5. The van der Waals surface area contributed by atoms with Crippen LogP contribution in [0.15, 0.2) is 41.3 Å². The fraction of sp³-hybridized carbons (Fsp3) is 0.412. The van der Waals surface area contributed by atoms with Crippen molar-refractivity contribution in [2.75, 3.05) is 18.8 Å². The first-order valence-electron chi connectivity index (χ1n) is 7.69. The number of aromatic nitrogens is 1. The number of carbonyl (C=O) groups excluding carboxylic acids is 1. The molecule has 0 radical (unpaired) electrons. The summed E-state index contributed by atoms with van der Waals surface area (Å²) in [7, 11) is 0. The van der Waals surface area contributed by atoms with Crippen LogP contribution in [0.5, 0.6) is 5.75 Å². The fourth-order valence-corrected chi connectivity index (χ4v) is 4.76. The largest absolute Gasteiger partial charge is 0.488 e. The maximum absolute atomic E-state index is 12.4. The SMILES string of the molecule is Cc1ccoc1C(=O)N1CC2(C[C@H](Oc3cccnc3)CS2)C1. The maximum Gasteiger partial charge on any atom is 0.289 e.